The molecule has 2 aromatic carbocycles. The van der Waals surface area contributed by atoms with Crippen LogP contribution in [-0.2, 0) is 0 Å². The van der Waals surface area contributed by atoms with Crippen LogP contribution >= 0.6 is 0 Å². The molecule has 1 saturated heterocycles. The van der Waals surface area contributed by atoms with Crippen LogP contribution in [0.25, 0.3) is 0 Å². The quantitative estimate of drug-likeness (QED) is 0.852. The predicted octanol–water partition coefficient (Wildman–Crippen LogP) is 2.58. The monoisotopic (exact) mass is 368 g/mol. The number of hydrogen-bond acceptors (Lipinski definition) is 4. The van der Waals surface area contributed by atoms with Gasteiger partial charge in [-0.05, 0) is 44.2 Å². The molecule has 3 rings (SSSR count). The Balaban J connectivity index is 1.47. The van der Waals surface area contributed by atoms with Gasteiger partial charge in [0.15, 0.2) is 0 Å². The third-order valence-electron chi connectivity index (χ3n) is 4.80. The normalized spacial score (nSPS) is 16.6. The van der Waals surface area contributed by atoms with Crippen molar-refractivity contribution in [2.75, 3.05) is 39.3 Å². The lowest BCUT2D eigenvalue weighted by Crippen LogP contribution is -2.39. The number of β-amino-alcohol motifs (C(OH)–C–C–N with tert-alkyl or cyclic N) is 1. The highest BCUT2D eigenvalue weighted by atomic mass is 16.5. The molecule has 1 heterocycles. The van der Waals surface area contributed by atoms with Crippen LogP contribution < -0.4 is 4.74 Å². The molecule has 0 spiro atoms. The molecule has 144 valence electrons. The zero-order valence-electron chi connectivity index (χ0n) is 15.9. The maximum atomic E-state index is 12.7. The second-order valence-corrected chi connectivity index (χ2v) is 7.09. The molecule has 1 aliphatic rings. The third-order valence-corrected chi connectivity index (χ3v) is 4.80. The highest BCUT2D eigenvalue weighted by Crippen LogP contribution is 2.12. The number of ether oxygens (including phenoxy) is 1. The van der Waals surface area contributed by atoms with Crippen LogP contribution in [0.4, 0.5) is 0 Å². The molecule has 1 N–H and O–H groups in total. The molecule has 5 heteroatoms. The van der Waals surface area contributed by atoms with Crippen LogP contribution in [-0.4, -0.2) is 66.2 Å². The van der Waals surface area contributed by atoms with Gasteiger partial charge in [0.2, 0.25) is 0 Å². The average Bonchev–Trinajstić information content (AvgIpc) is 2.92. The van der Waals surface area contributed by atoms with E-state index in [1.807, 2.05) is 66.4 Å². The lowest BCUT2D eigenvalue weighted by Gasteiger charge is -2.24. The fraction of sp³-hybridized carbons (Fsp3) is 0.409. The number of hydrogen-bond donors (Lipinski definition) is 1. The number of benzene rings is 2. The summed E-state index contributed by atoms with van der Waals surface area (Å²) in [7, 11) is 0. The molecule has 1 fully saturated rings. The van der Waals surface area contributed by atoms with Gasteiger partial charge < -0.3 is 14.7 Å². The summed E-state index contributed by atoms with van der Waals surface area (Å²) in [5, 5.41) is 10.3. The van der Waals surface area contributed by atoms with Gasteiger partial charge in [0.1, 0.15) is 18.5 Å². The highest BCUT2D eigenvalue weighted by molar-refractivity contribution is 5.94. The molecule has 0 radical (unpaired) electrons. The largest absolute Gasteiger partial charge is 0.491 e. The standard InChI is InChI=1S/C22H28N2O3/c1-18-7-5-8-19(15-18)22(26)24-12-6-11-23(13-14-24)16-20(25)17-27-21-9-3-2-4-10-21/h2-5,7-10,15,20,25H,6,11-14,16-17H2,1H3. The van der Waals surface area contributed by atoms with E-state index in [2.05, 4.69) is 4.90 Å². The summed E-state index contributed by atoms with van der Waals surface area (Å²) < 4.78 is 5.63. The Morgan fingerprint density at radius 1 is 1.07 bits per heavy atom. The van der Waals surface area contributed by atoms with Gasteiger partial charge in [-0.1, -0.05) is 35.9 Å². The summed E-state index contributed by atoms with van der Waals surface area (Å²) in [6.07, 6.45) is 0.355. The first-order chi connectivity index (χ1) is 13.1. The predicted molar refractivity (Wildman–Crippen MR) is 106 cm³/mol. The first-order valence-corrected chi connectivity index (χ1v) is 9.56. The summed E-state index contributed by atoms with van der Waals surface area (Å²) in [6.45, 7) is 5.89. The van der Waals surface area contributed by atoms with Crippen molar-refractivity contribution in [1.82, 2.24) is 9.80 Å². The topological polar surface area (TPSA) is 53.0 Å². The number of aliphatic hydroxyl groups is 1. The van der Waals surface area contributed by atoms with Gasteiger partial charge in [0.25, 0.3) is 5.91 Å². The van der Waals surface area contributed by atoms with Gasteiger partial charge in [-0.25, -0.2) is 0 Å². The molecule has 0 aliphatic carbocycles. The number of amides is 1. The van der Waals surface area contributed by atoms with E-state index in [4.69, 9.17) is 4.74 Å². The van der Waals surface area contributed by atoms with Crippen molar-refractivity contribution in [3.63, 3.8) is 0 Å². The summed E-state index contributed by atoms with van der Waals surface area (Å²) in [5.74, 6) is 0.857. The number of carbonyl (C=O) groups excluding carboxylic acids is 1. The number of rotatable bonds is 6. The van der Waals surface area contributed by atoms with Crippen LogP contribution in [0, 0.1) is 6.92 Å². The van der Waals surface area contributed by atoms with Gasteiger partial charge in [0, 0.05) is 31.7 Å². The summed E-state index contributed by atoms with van der Waals surface area (Å²) in [5.41, 5.74) is 1.85. The fourth-order valence-corrected chi connectivity index (χ4v) is 3.38. The Morgan fingerprint density at radius 3 is 2.67 bits per heavy atom. The minimum Gasteiger partial charge on any atom is -0.491 e. The molecule has 1 unspecified atom stereocenters. The molecule has 1 atom stereocenters. The number of carbonyl (C=O) groups is 1. The number of aryl methyl sites for hydroxylation is 1. The number of para-hydroxylation sites is 1. The smallest absolute Gasteiger partial charge is 0.253 e. The fourth-order valence-electron chi connectivity index (χ4n) is 3.38. The minimum absolute atomic E-state index is 0.0912. The summed E-state index contributed by atoms with van der Waals surface area (Å²) >= 11 is 0. The molecule has 0 aromatic heterocycles. The Kier molecular flexibility index (Phi) is 6.85. The first-order valence-electron chi connectivity index (χ1n) is 9.56. The highest BCUT2D eigenvalue weighted by Gasteiger charge is 2.21. The SMILES string of the molecule is Cc1cccc(C(=O)N2CCCN(CC(O)COc3ccccc3)CC2)c1. The summed E-state index contributed by atoms with van der Waals surface area (Å²) in [6, 6.07) is 17.3. The van der Waals surface area contributed by atoms with Crippen molar-refractivity contribution in [1.29, 1.82) is 0 Å². The average molecular weight is 368 g/mol. The molecule has 0 bridgehead atoms. The van der Waals surface area contributed by atoms with Crippen molar-refractivity contribution in [2.45, 2.75) is 19.4 Å². The van der Waals surface area contributed by atoms with E-state index in [9.17, 15) is 9.90 Å². The lowest BCUT2D eigenvalue weighted by atomic mass is 10.1. The Morgan fingerprint density at radius 2 is 1.89 bits per heavy atom. The van der Waals surface area contributed by atoms with Crippen molar-refractivity contribution < 1.29 is 14.6 Å². The Labute approximate surface area is 161 Å². The van der Waals surface area contributed by atoms with Crippen LogP contribution in [0.2, 0.25) is 0 Å². The Hall–Kier alpha value is -2.37. The second-order valence-electron chi connectivity index (χ2n) is 7.09. The van der Waals surface area contributed by atoms with E-state index >= 15 is 0 Å². The maximum absolute atomic E-state index is 12.7. The molecular formula is C22H28N2O3. The van der Waals surface area contributed by atoms with Crippen molar-refractivity contribution in [3.8, 4) is 5.75 Å². The van der Waals surface area contributed by atoms with Crippen LogP contribution in [0.1, 0.15) is 22.3 Å². The van der Waals surface area contributed by atoms with E-state index in [0.29, 0.717) is 13.1 Å². The van der Waals surface area contributed by atoms with Crippen molar-refractivity contribution in [3.05, 3.63) is 65.7 Å². The lowest BCUT2D eigenvalue weighted by molar-refractivity contribution is 0.0670. The van der Waals surface area contributed by atoms with Crippen LogP contribution in [0.5, 0.6) is 5.75 Å². The summed E-state index contributed by atoms with van der Waals surface area (Å²) in [4.78, 5) is 16.9. The van der Waals surface area contributed by atoms with Gasteiger partial charge in [-0.15, -0.1) is 0 Å². The van der Waals surface area contributed by atoms with E-state index in [1.165, 1.54) is 0 Å². The van der Waals surface area contributed by atoms with Gasteiger partial charge in [0.05, 0.1) is 0 Å². The molecule has 27 heavy (non-hydrogen) atoms. The number of aliphatic hydroxyl groups excluding tert-OH is 1. The van der Waals surface area contributed by atoms with Crippen LogP contribution in [0.15, 0.2) is 54.6 Å². The molecular weight excluding hydrogens is 340 g/mol. The molecule has 0 saturated carbocycles. The molecule has 1 aliphatic heterocycles. The zero-order valence-corrected chi connectivity index (χ0v) is 15.9. The van der Waals surface area contributed by atoms with Gasteiger partial charge in [-0.3, -0.25) is 9.69 Å². The van der Waals surface area contributed by atoms with E-state index in [0.717, 1.165) is 42.9 Å². The van der Waals surface area contributed by atoms with Crippen molar-refractivity contribution >= 4 is 5.91 Å². The van der Waals surface area contributed by atoms with Crippen LogP contribution in [0.3, 0.4) is 0 Å². The third kappa shape index (κ3) is 5.81. The van der Waals surface area contributed by atoms with E-state index < -0.39 is 6.10 Å². The van der Waals surface area contributed by atoms with Gasteiger partial charge >= 0.3 is 0 Å². The molecule has 2 aromatic rings. The van der Waals surface area contributed by atoms with E-state index in [-0.39, 0.29) is 12.5 Å². The van der Waals surface area contributed by atoms with Crippen molar-refractivity contribution in [2.24, 2.45) is 0 Å². The number of nitrogens with zero attached hydrogens (tertiary/aromatic N) is 2. The molecule has 5 nitrogen and oxygen atoms in total. The minimum atomic E-state index is -0.552. The first kappa shape index (κ1) is 19.4. The Bertz CT molecular complexity index is 735. The molecule has 1 amide bonds. The maximum Gasteiger partial charge on any atom is 0.253 e. The van der Waals surface area contributed by atoms with Gasteiger partial charge in [-0.2, -0.15) is 0 Å². The zero-order chi connectivity index (χ0) is 19.1. The van der Waals surface area contributed by atoms with E-state index in [1.54, 1.807) is 0 Å². The second kappa shape index (κ2) is 9.53.